The first-order chi connectivity index (χ1) is 17.3. The van der Waals surface area contributed by atoms with Crippen molar-refractivity contribution < 1.29 is 37.0 Å². The number of anilines is 2. The fourth-order valence-electron chi connectivity index (χ4n) is 3.56. The van der Waals surface area contributed by atoms with Crippen LogP contribution in [0.2, 0.25) is 0 Å². The van der Waals surface area contributed by atoms with E-state index < -0.39 is 28.0 Å². The lowest BCUT2D eigenvalue weighted by atomic mass is 10.2. The van der Waals surface area contributed by atoms with Crippen LogP contribution in [0, 0.1) is 0 Å². The molecule has 11 heteroatoms. The van der Waals surface area contributed by atoms with Crippen molar-refractivity contribution in [3.63, 3.8) is 0 Å². The van der Waals surface area contributed by atoms with Crippen LogP contribution in [-0.4, -0.2) is 53.8 Å². The molecule has 0 saturated heterocycles. The highest BCUT2D eigenvalue weighted by Gasteiger charge is 2.34. The van der Waals surface area contributed by atoms with Crippen LogP contribution >= 0.6 is 0 Å². The van der Waals surface area contributed by atoms with Crippen LogP contribution in [0.1, 0.15) is 0 Å². The van der Waals surface area contributed by atoms with Gasteiger partial charge in [-0.05, 0) is 48.5 Å². The van der Waals surface area contributed by atoms with E-state index in [-0.39, 0.29) is 18.0 Å². The Morgan fingerprint density at radius 3 is 2.47 bits per heavy atom. The average Bonchev–Trinajstić information content (AvgIpc) is 2.90. The number of nitrogens with zero attached hydrogens (tertiary/aromatic N) is 1. The van der Waals surface area contributed by atoms with E-state index in [1.165, 1.54) is 43.4 Å². The number of hydrogen-bond donors (Lipinski definition) is 1. The third-order valence-electron chi connectivity index (χ3n) is 5.36. The SMILES string of the molecule is COC(=O)C1CN(C(=O)COc2ccc(S(=O)(=O)Nc3cccc(OC)c3)cc2)c2ccccc2O1. The first-order valence-corrected chi connectivity index (χ1v) is 12.3. The van der Waals surface area contributed by atoms with Gasteiger partial charge in [-0.1, -0.05) is 18.2 Å². The molecule has 188 valence electrons. The van der Waals surface area contributed by atoms with Crippen LogP contribution in [0.25, 0.3) is 0 Å². The Morgan fingerprint density at radius 2 is 1.75 bits per heavy atom. The van der Waals surface area contributed by atoms with E-state index in [2.05, 4.69) is 4.72 Å². The molecule has 1 aliphatic rings. The maximum absolute atomic E-state index is 12.9. The molecule has 0 saturated carbocycles. The van der Waals surface area contributed by atoms with Gasteiger partial charge in [0.25, 0.3) is 15.9 Å². The van der Waals surface area contributed by atoms with E-state index in [4.69, 9.17) is 18.9 Å². The Bertz CT molecular complexity index is 1360. The van der Waals surface area contributed by atoms with Gasteiger partial charge in [-0.2, -0.15) is 0 Å². The maximum Gasteiger partial charge on any atom is 0.348 e. The lowest BCUT2D eigenvalue weighted by Crippen LogP contribution is -2.48. The molecule has 3 aromatic carbocycles. The second kappa shape index (κ2) is 10.6. The molecular formula is C25H24N2O8S. The summed E-state index contributed by atoms with van der Waals surface area (Å²) in [5.74, 6) is 0.198. The molecule has 10 nitrogen and oxygen atoms in total. The molecule has 1 heterocycles. The quantitative estimate of drug-likeness (QED) is 0.458. The minimum Gasteiger partial charge on any atom is -0.497 e. The first-order valence-electron chi connectivity index (χ1n) is 10.8. The summed E-state index contributed by atoms with van der Waals surface area (Å²) in [6, 6.07) is 19.1. The first kappa shape index (κ1) is 24.9. The van der Waals surface area contributed by atoms with Gasteiger partial charge in [0.2, 0.25) is 6.10 Å². The minimum absolute atomic E-state index is 0.0204. The van der Waals surface area contributed by atoms with Gasteiger partial charge in [0, 0.05) is 6.07 Å². The lowest BCUT2D eigenvalue weighted by Gasteiger charge is -2.33. The van der Waals surface area contributed by atoms with Crippen LogP contribution in [-0.2, 0) is 24.3 Å². The van der Waals surface area contributed by atoms with Crippen LogP contribution in [0.3, 0.4) is 0 Å². The number of sulfonamides is 1. The number of nitrogens with one attached hydrogen (secondary N) is 1. The van der Waals surface area contributed by atoms with Gasteiger partial charge in [-0.15, -0.1) is 0 Å². The van der Waals surface area contributed by atoms with Crippen molar-refractivity contribution in [2.24, 2.45) is 0 Å². The standard InChI is InChI=1S/C25H24N2O8S/c1-32-19-7-5-6-17(14-19)26-36(30,31)20-12-10-18(11-13-20)34-16-24(28)27-15-23(25(29)33-2)35-22-9-4-3-8-21(22)27/h3-14,23,26H,15-16H2,1-2H3. The molecule has 4 rings (SSSR count). The van der Waals surface area contributed by atoms with E-state index in [1.54, 1.807) is 48.5 Å². The fraction of sp³-hybridized carbons (Fsp3) is 0.200. The number of benzene rings is 3. The molecule has 0 aromatic heterocycles. The second-order valence-electron chi connectivity index (χ2n) is 7.70. The molecule has 0 aliphatic carbocycles. The van der Waals surface area contributed by atoms with E-state index in [0.717, 1.165) is 0 Å². The van der Waals surface area contributed by atoms with Crippen LogP contribution in [0.4, 0.5) is 11.4 Å². The van der Waals surface area contributed by atoms with Gasteiger partial charge in [0.15, 0.2) is 6.61 Å². The molecule has 0 fully saturated rings. The molecule has 1 aliphatic heterocycles. The highest BCUT2D eigenvalue weighted by atomic mass is 32.2. The number of carbonyl (C=O) groups is 2. The van der Waals surface area contributed by atoms with Crippen molar-refractivity contribution in [1.29, 1.82) is 0 Å². The lowest BCUT2D eigenvalue weighted by molar-refractivity contribution is -0.148. The Balaban J connectivity index is 1.42. The van der Waals surface area contributed by atoms with E-state index >= 15 is 0 Å². The highest BCUT2D eigenvalue weighted by Crippen LogP contribution is 2.33. The zero-order chi connectivity index (χ0) is 25.7. The zero-order valence-corrected chi connectivity index (χ0v) is 20.4. The van der Waals surface area contributed by atoms with Crippen molar-refractivity contribution in [3.8, 4) is 17.2 Å². The van der Waals surface area contributed by atoms with Crippen LogP contribution in [0.15, 0.2) is 77.7 Å². The largest absolute Gasteiger partial charge is 0.497 e. The molecule has 0 bridgehead atoms. The van der Waals surface area contributed by atoms with Gasteiger partial charge >= 0.3 is 5.97 Å². The van der Waals surface area contributed by atoms with E-state index in [0.29, 0.717) is 28.6 Å². The fourth-order valence-corrected chi connectivity index (χ4v) is 4.61. The van der Waals surface area contributed by atoms with Crippen molar-refractivity contribution >= 4 is 33.3 Å². The molecule has 1 unspecified atom stereocenters. The summed E-state index contributed by atoms with van der Waals surface area (Å²) in [4.78, 5) is 26.4. The monoisotopic (exact) mass is 512 g/mol. The topological polar surface area (TPSA) is 120 Å². The molecule has 1 amide bonds. The minimum atomic E-state index is -3.85. The van der Waals surface area contributed by atoms with Crippen molar-refractivity contribution in [2.45, 2.75) is 11.0 Å². The summed E-state index contributed by atoms with van der Waals surface area (Å²) in [5, 5.41) is 0. The summed E-state index contributed by atoms with van der Waals surface area (Å²) < 4.78 is 49.0. The number of hydrogen-bond acceptors (Lipinski definition) is 8. The molecule has 1 atom stereocenters. The number of methoxy groups -OCH3 is 2. The number of carbonyl (C=O) groups excluding carboxylic acids is 2. The number of para-hydroxylation sites is 2. The Kier molecular flexibility index (Phi) is 7.30. The van der Waals surface area contributed by atoms with Crippen LogP contribution in [0.5, 0.6) is 17.2 Å². The normalized spacial score (nSPS) is 14.7. The van der Waals surface area contributed by atoms with E-state index in [1.807, 2.05) is 0 Å². The summed E-state index contributed by atoms with van der Waals surface area (Å²) in [5.41, 5.74) is 0.868. The Hall–Kier alpha value is -4.25. The number of ether oxygens (including phenoxy) is 4. The molecule has 1 N–H and O–H groups in total. The third kappa shape index (κ3) is 5.52. The predicted octanol–water partition coefficient (Wildman–Crippen LogP) is 2.84. The smallest absolute Gasteiger partial charge is 0.348 e. The van der Waals surface area contributed by atoms with E-state index in [9.17, 15) is 18.0 Å². The van der Waals surface area contributed by atoms with Crippen molar-refractivity contribution in [2.75, 3.05) is 37.0 Å². The second-order valence-corrected chi connectivity index (χ2v) is 9.38. The average molecular weight is 513 g/mol. The summed E-state index contributed by atoms with van der Waals surface area (Å²) in [6.07, 6.45) is -0.963. The number of fused-ring (bicyclic) bond motifs is 1. The predicted molar refractivity (Wildman–Crippen MR) is 131 cm³/mol. The Morgan fingerprint density at radius 1 is 1.00 bits per heavy atom. The Labute approximate surface area is 208 Å². The van der Waals surface area contributed by atoms with Crippen LogP contribution < -0.4 is 23.8 Å². The zero-order valence-electron chi connectivity index (χ0n) is 19.5. The molecular weight excluding hydrogens is 488 g/mol. The van der Waals surface area contributed by atoms with Gasteiger partial charge in [-0.3, -0.25) is 9.52 Å². The molecule has 0 radical (unpaired) electrons. The number of esters is 1. The number of rotatable bonds is 8. The third-order valence-corrected chi connectivity index (χ3v) is 6.75. The van der Waals surface area contributed by atoms with Gasteiger partial charge < -0.3 is 23.8 Å². The summed E-state index contributed by atoms with van der Waals surface area (Å²) >= 11 is 0. The van der Waals surface area contributed by atoms with Gasteiger partial charge in [0.05, 0.1) is 37.0 Å². The number of amides is 1. The van der Waals surface area contributed by atoms with Gasteiger partial charge in [-0.25, -0.2) is 13.2 Å². The summed E-state index contributed by atoms with van der Waals surface area (Å²) in [6.45, 7) is -0.366. The van der Waals surface area contributed by atoms with Crippen molar-refractivity contribution in [1.82, 2.24) is 0 Å². The van der Waals surface area contributed by atoms with Gasteiger partial charge in [0.1, 0.15) is 17.2 Å². The summed E-state index contributed by atoms with van der Waals surface area (Å²) in [7, 11) is -1.11. The van der Waals surface area contributed by atoms with Crippen molar-refractivity contribution in [3.05, 3.63) is 72.8 Å². The molecule has 0 spiro atoms. The maximum atomic E-state index is 12.9. The molecule has 3 aromatic rings. The highest BCUT2D eigenvalue weighted by molar-refractivity contribution is 7.92. The molecule has 36 heavy (non-hydrogen) atoms.